The van der Waals surface area contributed by atoms with Crippen molar-refractivity contribution in [1.82, 2.24) is 14.1 Å². The Morgan fingerprint density at radius 1 is 1.11 bits per heavy atom. The summed E-state index contributed by atoms with van der Waals surface area (Å²) >= 11 is 1.10. The van der Waals surface area contributed by atoms with Crippen LogP contribution in [0.5, 0.6) is 0 Å². The number of likely N-dealkylation sites (tertiary alicyclic amines) is 1. The van der Waals surface area contributed by atoms with E-state index in [1.807, 2.05) is 18.7 Å². The topological polar surface area (TPSA) is 78.0 Å². The Kier molecular flexibility index (Phi) is 6.77. The Balaban J connectivity index is 1.64. The van der Waals surface area contributed by atoms with Gasteiger partial charge in [0.25, 0.3) is 15.9 Å². The van der Waals surface area contributed by atoms with Crippen molar-refractivity contribution in [3.63, 3.8) is 0 Å². The molecule has 0 aliphatic carbocycles. The first-order valence-electron chi connectivity index (χ1n) is 10.0. The lowest BCUT2D eigenvalue weighted by Gasteiger charge is -2.32. The molecule has 2 amide bonds. The lowest BCUT2D eigenvalue weighted by molar-refractivity contribution is -0.136. The lowest BCUT2D eigenvalue weighted by Crippen LogP contribution is -2.44. The van der Waals surface area contributed by atoms with Crippen molar-refractivity contribution in [2.24, 2.45) is 5.92 Å². The number of thiophene rings is 1. The van der Waals surface area contributed by atoms with E-state index in [0.29, 0.717) is 44.6 Å². The van der Waals surface area contributed by atoms with Crippen molar-refractivity contribution in [2.75, 3.05) is 39.3 Å². The van der Waals surface area contributed by atoms with E-state index in [-0.39, 0.29) is 21.9 Å². The average Bonchev–Trinajstić information content (AvgIpc) is 3.41. The fourth-order valence-corrected chi connectivity index (χ4v) is 6.71. The van der Waals surface area contributed by atoms with Gasteiger partial charge in [0.05, 0.1) is 5.56 Å². The highest BCUT2D eigenvalue weighted by Gasteiger charge is 2.34. The molecule has 0 atom stereocenters. The van der Waals surface area contributed by atoms with Gasteiger partial charge < -0.3 is 9.80 Å². The number of hydrogen-bond donors (Lipinski definition) is 0. The van der Waals surface area contributed by atoms with Crippen LogP contribution in [0.25, 0.3) is 0 Å². The monoisotopic (exact) mass is 427 g/mol. The largest absolute Gasteiger partial charge is 0.343 e. The van der Waals surface area contributed by atoms with Crippen molar-refractivity contribution in [3.8, 4) is 0 Å². The summed E-state index contributed by atoms with van der Waals surface area (Å²) in [5, 5.41) is 1.64. The number of piperidine rings is 1. The summed E-state index contributed by atoms with van der Waals surface area (Å²) in [7, 11) is -3.62. The molecule has 0 N–H and O–H groups in total. The van der Waals surface area contributed by atoms with Crippen LogP contribution in [-0.4, -0.2) is 73.6 Å². The molecule has 156 valence electrons. The minimum absolute atomic E-state index is 0.0845. The molecule has 1 aromatic rings. The molecule has 0 saturated carbocycles. The molecule has 7 nitrogen and oxygen atoms in total. The van der Waals surface area contributed by atoms with Crippen LogP contribution in [0.2, 0.25) is 0 Å². The Labute approximate surface area is 171 Å². The minimum atomic E-state index is -3.62. The molecule has 28 heavy (non-hydrogen) atoms. The van der Waals surface area contributed by atoms with Crippen LogP contribution < -0.4 is 0 Å². The Morgan fingerprint density at radius 3 is 2.29 bits per heavy atom. The fraction of sp³-hybridized carbons (Fsp3) is 0.684. The van der Waals surface area contributed by atoms with Crippen molar-refractivity contribution in [3.05, 3.63) is 17.0 Å². The number of carbonyl (C=O) groups excluding carboxylic acids is 2. The minimum Gasteiger partial charge on any atom is -0.343 e. The summed E-state index contributed by atoms with van der Waals surface area (Å²) in [6, 6.07) is 1.51. The number of nitrogens with zero attached hydrogens (tertiary/aromatic N) is 3. The highest BCUT2D eigenvalue weighted by molar-refractivity contribution is 7.91. The first-order chi connectivity index (χ1) is 13.4. The van der Waals surface area contributed by atoms with Crippen molar-refractivity contribution in [2.45, 2.75) is 43.7 Å². The fourth-order valence-electron chi connectivity index (χ4n) is 3.93. The van der Waals surface area contributed by atoms with Gasteiger partial charge in [-0.15, -0.1) is 11.3 Å². The maximum absolute atomic E-state index is 13.0. The van der Waals surface area contributed by atoms with Crippen molar-refractivity contribution >= 4 is 33.2 Å². The quantitative estimate of drug-likeness (QED) is 0.698. The molecule has 1 aromatic heterocycles. The number of hydrogen-bond acceptors (Lipinski definition) is 5. The molecular weight excluding hydrogens is 398 g/mol. The predicted octanol–water partition coefficient (Wildman–Crippen LogP) is 2.25. The second-order valence-corrected chi connectivity index (χ2v) is 10.4. The van der Waals surface area contributed by atoms with E-state index in [2.05, 4.69) is 0 Å². The molecule has 0 radical (unpaired) electrons. The van der Waals surface area contributed by atoms with Crippen LogP contribution in [0.4, 0.5) is 0 Å². The molecule has 2 fully saturated rings. The van der Waals surface area contributed by atoms with Gasteiger partial charge in [-0.3, -0.25) is 9.59 Å². The molecule has 2 aliphatic heterocycles. The van der Waals surface area contributed by atoms with E-state index in [9.17, 15) is 18.0 Å². The van der Waals surface area contributed by atoms with Gasteiger partial charge in [-0.1, -0.05) is 0 Å². The Bertz CT molecular complexity index is 803. The third-order valence-electron chi connectivity index (χ3n) is 5.69. The van der Waals surface area contributed by atoms with Gasteiger partial charge in [0.2, 0.25) is 5.91 Å². The van der Waals surface area contributed by atoms with E-state index < -0.39 is 10.0 Å². The van der Waals surface area contributed by atoms with Crippen LogP contribution >= 0.6 is 11.3 Å². The van der Waals surface area contributed by atoms with E-state index in [1.165, 1.54) is 10.4 Å². The van der Waals surface area contributed by atoms with Crippen LogP contribution in [0.1, 0.15) is 49.9 Å². The smallest absolute Gasteiger partial charge is 0.254 e. The number of carbonyl (C=O) groups is 2. The summed E-state index contributed by atoms with van der Waals surface area (Å²) in [6.07, 6.45) is 3.09. The zero-order valence-electron chi connectivity index (χ0n) is 16.6. The second-order valence-electron chi connectivity index (χ2n) is 7.34. The summed E-state index contributed by atoms with van der Waals surface area (Å²) in [5.74, 6) is -0.0719. The van der Waals surface area contributed by atoms with Crippen LogP contribution in [0.15, 0.2) is 15.7 Å². The average molecular weight is 428 g/mol. The third kappa shape index (κ3) is 4.26. The number of sulfonamides is 1. The number of rotatable bonds is 6. The maximum Gasteiger partial charge on any atom is 0.254 e. The second kappa shape index (κ2) is 8.92. The molecule has 2 aliphatic rings. The van der Waals surface area contributed by atoms with Crippen LogP contribution in [-0.2, 0) is 14.8 Å². The van der Waals surface area contributed by atoms with Crippen LogP contribution in [0.3, 0.4) is 0 Å². The van der Waals surface area contributed by atoms with Gasteiger partial charge in [0.1, 0.15) is 4.21 Å². The predicted molar refractivity (Wildman–Crippen MR) is 109 cm³/mol. The zero-order chi connectivity index (χ0) is 20.3. The van der Waals surface area contributed by atoms with Crippen LogP contribution in [0, 0.1) is 5.92 Å². The molecule has 0 unspecified atom stereocenters. The molecule has 0 bridgehead atoms. The van der Waals surface area contributed by atoms with E-state index in [1.54, 1.807) is 10.3 Å². The molecule has 3 rings (SSSR count). The zero-order valence-corrected chi connectivity index (χ0v) is 18.2. The van der Waals surface area contributed by atoms with Crippen molar-refractivity contribution in [1.29, 1.82) is 0 Å². The third-order valence-corrected chi connectivity index (χ3v) is 9.00. The maximum atomic E-state index is 13.0. The van der Waals surface area contributed by atoms with E-state index in [0.717, 1.165) is 37.3 Å². The van der Waals surface area contributed by atoms with Gasteiger partial charge in [0, 0.05) is 50.6 Å². The SMILES string of the molecule is CCN(CC)C(=O)C1CCN(S(=O)(=O)c2cc(C(=O)N3CCCC3)cs2)CC1. The first-order valence-corrected chi connectivity index (χ1v) is 12.4. The molecular formula is C19H29N3O4S2. The van der Waals surface area contributed by atoms with Gasteiger partial charge >= 0.3 is 0 Å². The van der Waals surface area contributed by atoms with Crippen molar-refractivity contribution < 1.29 is 18.0 Å². The van der Waals surface area contributed by atoms with Gasteiger partial charge in [0.15, 0.2) is 0 Å². The highest BCUT2D eigenvalue weighted by atomic mass is 32.2. The van der Waals surface area contributed by atoms with Gasteiger partial charge in [-0.25, -0.2) is 8.42 Å². The molecule has 0 spiro atoms. The summed E-state index contributed by atoms with van der Waals surface area (Å²) < 4.78 is 27.6. The normalized spacial score (nSPS) is 19.1. The summed E-state index contributed by atoms with van der Waals surface area (Å²) in [4.78, 5) is 28.6. The molecule has 2 saturated heterocycles. The Morgan fingerprint density at radius 2 is 1.71 bits per heavy atom. The van der Waals surface area contributed by atoms with E-state index in [4.69, 9.17) is 0 Å². The first kappa shape index (κ1) is 21.3. The molecule has 0 aromatic carbocycles. The summed E-state index contributed by atoms with van der Waals surface area (Å²) in [5.41, 5.74) is 0.456. The Hall–Kier alpha value is -1.45. The molecule has 9 heteroatoms. The van der Waals surface area contributed by atoms with Gasteiger partial charge in [-0.05, 0) is 45.6 Å². The lowest BCUT2D eigenvalue weighted by atomic mass is 9.96. The standard InChI is InChI=1S/C19H29N3O4S2/c1-3-20(4-2)18(23)15-7-11-22(12-8-15)28(25,26)17-13-16(14-27-17)19(24)21-9-5-6-10-21/h13-15H,3-12H2,1-2H3. The summed E-state index contributed by atoms with van der Waals surface area (Å²) in [6.45, 7) is 7.43. The number of amides is 2. The van der Waals surface area contributed by atoms with E-state index >= 15 is 0 Å². The molecule has 3 heterocycles. The van der Waals surface area contributed by atoms with Gasteiger partial charge in [-0.2, -0.15) is 4.31 Å². The highest BCUT2D eigenvalue weighted by Crippen LogP contribution is 2.29.